The molecule has 1 heterocycles. The van der Waals surface area contributed by atoms with Crippen LogP contribution in [0.1, 0.15) is 22.6 Å². The molecule has 22 heavy (non-hydrogen) atoms. The minimum absolute atomic E-state index is 0.158. The van der Waals surface area contributed by atoms with Gasteiger partial charge >= 0.3 is 11.9 Å². The molecule has 5 heteroatoms. The summed E-state index contributed by atoms with van der Waals surface area (Å²) in [5.74, 6) is -0.621. The van der Waals surface area contributed by atoms with Crippen molar-refractivity contribution in [2.75, 3.05) is 7.11 Å². The molecule has 3 rings (SSSR count). The van der Waals surface area contributed by atoms with Crippen molar-refractivity contribution in [3.05, 3.63) is 64.2 Å². The van der Waals surface area contributed by atoms with E-state index in [0.29, 0.717) is 10.8 Å². The smallest absolute Gasteiger partial charge is 0.323 e. The molecule has 1 atom stereocenters. The summed E-state index contributed by atoms with van der Waals surface area (Å²) in [7, 11) is 1.35. The van der Waals surface area contributed by atoms with Gasteiger partial charge in [-0.1, -0.05) is 35.9 Å². The maximum atomic E-state index is 12.2. The topological polar surface area (TPSA) is 52.6 Å². The van der Waals surface area contributed by atoms with E-state index in [-0.39, 0.29) is 18.4 Å². The van der Waals surface area contributed by atoms with Gasteiger partial charge in [-0.3, -0.25) is 9.59 Å². The number of carbonyl (C=O) groups is 2. The predicted octanol–water partition coefficient (Wildman–Crippen LogP) is 3.11. The SMILES string of the molecule is COC(=O)Cc1ccc2c(c1)C(c1ccc(Cl)cc1)C(=O)O2. The average Bonchev–Trinajstić information content (AvgIpc) is 2.83. The van der Waals surface area contributed by atoms with Crippen LogP contribution in [0.2, 0.25) is 5.02 Å². The van der Waals surface area contributed by atoms with Gasteiger partial charge in [0.15, 0.2) is 0 Å². The fourth-order valence-electron chi connectivity index (χ4n) is 2.53. The first-order valence-corrected chi connectivity index (χ1v) is 7.13. The third-order valence-electron chi connectivity index (χ3n) is 3.61. The maximum Gasteiger partial charge on any atom is 0.323 e. The quantitative estimate of drug-likeness (QED) is 0.645. The molecule has 0 saturated heterocycles. The number of esters is 2. The van der Waals surface area contributed by atoms with E-state index in [1.165, 1.54) is 7.11 Å². The Labute approximate surface area is 132 Å². The van der Waals surface area contributed by atoms with Gasteiger partial charge in [-0.05, 0) is 29.3 Å². The number of fused-ring (bicyclic) bond motifs is 1. The third-order valence-corrected chi connectivity index (χ3v) is 3.86. The third kappa shape index (κ3) is 2.70. The second kappa shape index (κ2) is 5.81. The first-order chi connectivity index (χ1) is 10.6. The Kier molecular flexibility index (Phi) is 3.86. The molecule has 2 aromatic carbocycles. The van der Waals surface area contributed by atoms with Crippen LogP contribution in [-0.4, -0.2) is 19.0 Å². The van der Waals surface area contributed by atoms with Crippen LogP contribution in [0.3, 0.4) is 0 Å². The number of methoxy groups -OCH3 is 1. The van der Waals surface area contributed by atoms with Crippen molar-refractivity contribution in [1.29, 1.82) is 0 Å². The molecule has 0 radical (unpaired) electrons. The molecular formula is C17H13ClO4. The van der Waals surface area contributed by atoms with Crippen LogP contribution in [0.5, 0.6) is 5.75 Å². The number of ether oxygens (including phenoxy) is 2. The lowest BCUT2D eigenvalue weighted by Gasteiger charge is -2.09. The lowest BCUT2D eigenvalue weighted by molar-refractivity contribution is -0.139. The summed E-state index contributed by atoms with van der Waals surface area (Å²) < 4.78 is 9.97. The highest BCUT2D eigenvalue weighted by Crippen LogP contribution is 2.39. The lowest BCUT2D eigenvalue weighted by atomic mass is 9.91. The number of hydrogen-bond donors (Lipinski definition) is 0. The zero-order valence-electron chi connectivity index (χ0n) is 11.8. The summed E-state index contributed by atoms with van der Waals surface area (Å²) in [4.78, 5) is 23.6. The monoisotopic (exact) mass is 316 g/mol. The summed E-state index contributed by atoms with van der Waals surface area (Å²) in [6.07, 6.45) is 0.158. The zero-order chi connectivity index (χ0) is 15.7. The van der Waals surface area contributed by atoms with Crippen molar-refractivity contribution in [3.8, 4) is 5.75 Å². The van der Waals surface area contributed by atoms with E-state index < -0.39 is 5.92 Å². The van der Waals surface area contributed by atoms with Gasteiger partial charge < -0.3 is 9.47 Å². The number of hydrogen-bond acceptors (Lipinski definition) is 4. The maximum absolute atomic E-state index is 12.2. The van der Waals surface area contributed by atoms with Crippen molar-refractivity contribution < 1.29 is 19.1 Å². The Balaban J connectivity index is 1.98. The molecule has 112 valence electrons. The minimum Gasteiger partial charge on any atom is -0.469 e. The summed E-state index contributed by atoms with van der Waals surface area (Å²) in [6.45, 7) is 0. The first-order valence-electron chi connectivity index (χ1n) is 6.75. The molecule has 0 amide bonds. The predicted molar refractivity (Wildman–Crippen MR) is 81.1 cm³/mol. The van der Waals surface area contributed by atoms with E-state index in [9.17, 15) is 9.59 Å². The van der Waals surface area contributed by atoms with Crippen LogP contribution < -0.4 is 4.74 Å². The molecule has 0 spiro atoms. The van der Waals surface area contributed by atoms with Crippen LogP contribution in [-0.2, 0) is 20.7 Å². The van der Waals surface area contributed by atoms with E-state index in [0.717, 1.165) is 16.7 Å². The van der Waals surface area contributed by atoms with Crippen LogP contribution in [0.15, 0.2) is 42.5 Å². The Morgan fingerprint density at radius 3 is 2.64 bits per heavy atom. The fourth-order valence-corrected chi connectivity index (χ4v) is 2.66. The second-order valence-electron chi connectivity index (χ2n) is 5.03. The highest BCUT2D eigenvalue weighted by Gasteiger charge is 2.34. The van der Waals surface area contributed by atoms with Gasteiger partial charge in [-0.25, -0.2) is 0 Å². The van der Waals surface area contributed by atoms with Crippen LogP contribution >= 0.6 is 11.6 Å². The molecule has 1 unspecified atom stereocenters. The van der Waals surface area contributed by atoms with Gasteiger partial charge in [0.05, 0.1) is 13.5 Å². The van der Waals surface area contributed by atoms with Crippen LogP contribution in [0, 0.1) is 0 Å². The Hall–Kier alpha value is -2.33. The van der Waals surface area contributed by atoms with Crippen molar-refractivity contribution >= 4 is 23.5 Å². The number of carbonyl (C=O) groups excluding carboxylic acids is 2. The molecule has 0 aromatic heterocycles. The molecule has 0 aliphatic carbocycles. The standard InChI is InChI=1S/C17H13ClO4/c1-21-15(19)9-10-2-7-14-13(8-10)16(17(20)22-14)11-3-5-12(18)6-4-11/h2-8,16H,9H2,1H3. The summed E-state index contributed by atoms with van der Waals surface area (Å²) >= 11 is 5.89. The van der Waals surface area contributed by atoms with Crippen molar-refractivity contribution in [2.24, 2.45) is 0 Å². The van der Waals surface area contributed by atoms with Crippen molar-refractivity contribution in [3.63, 3.8) is 0 Å². The Bertz CT molecular complexity index is 737. The molecular weight excluding hydrogens is 304 g/mol. The fraction of sp³-hybridized carbons (Fsp3) is 0.176. The average molecular weight is 317 g/mol. The van der Waals surface area contributed by atoms with E-state index in [2.05, 4.69) is 4.74 Å². The Morgan fingerprint density at radius 1 is 1.23 bits per heavy atom. The van der Waals surface area contributed by atoms with Gasteiger partial charge in [0, 0.05) is 10.6 Å². The molecule has 0 bridgehead atoms. The molecule has 4 nitrogen and oxygen atoms in total. The normalized spacial score (nSPS) is 16.1. The molecule has 1 aliphatic heterocycles. The van der Waals surface area contributed by atoms with Crippen LogP contribution in [0.4, 0.5) is 0 Å². The van der Waals surface area contributed by atoms with E-state index in [1.807, 2.05) is 6.07 Å². The molecule has 0 fully saturated rings. The number of benzene rings is 2. The summed E-state index contributed by atoms with van der Waals surface area (Å²) in [5, 5.41) is 0.606. The van der Waals surface area contributed by atoms with Gasteiger partial charge in [0.25, 0.3) is 0 Å². The molecule has 0 N–H and O–H groups in total. The lowest BCUT2D eigenvalue weighted by Crippen LogP contribution is -2.11. The van der Waals surface area contributed by atoms with Crippen molar-refractivity contribution in [2.45, 2.75) is 12.3 Å². The molecule has 0 saturated carbocycles. The largest absolute Gasteiger partial charge is 0.469 e. The summed E-state index contributed by atoms with van der Waals surface area (Å²) in [5.41, 5.74) is 2.35. The Morgan fingerprint density at radius 2 is 1.95 bits per heavy atom. The second-order valence-corrected chi connectivity index (χ2v) is 5.47. The van der Waals surface area contributed by atoms with Gasteiger partial charge in [-0.15, -0.1) is 0 Å². The minimum atomic E-state index is -0.495. The van der Waals surface area contributed by atoms with Gasteiger partial charge in [0.2, 0.25) is 0 Å². The summed E-state index contributed by atoms with van der Waals surface area (Å²) in [6, 6.07) is 12.4. The zero-order valence-corrected chi connectivity index (χ0v) is 12.6. The van der Waals surface area contributed by atoms with Crippen molar-refractivity contribution in [1.82, 2.24) is 0 Å². The highest BCUT2D eigenvalue weighted by atomic mass is 35.5. The molecule has 1 aliphatic rings. The number of rotatable bonds is 3. The number of halogens is 1. The van der Waals surface area contributed by atoms with Gasteiger partial charge in [0.1, 0.15) is 11.7 Å². The van der Waals surface area contributed by atoms with E-state index in [4.69, 9.17) is 16.3 Å². The van der Waals surface area contributed by atoms with E-state index >= 15 is 0 Å². The van der Waals surface area contributed by atoms with Gasteiger partial charge in [-0.2, -0.15) is 0 Å². The van der Waals surface area contributed by atoms with E-state index in [1.54, 1.807) is 36.4 Å². The highest BCUT2D eigenvalue weighted by molar-refractivity contribution is 6.30. The first kappa shape index (κ1) is 14.6. The van der Waals surface area contributed by atoms with Crippen LogP contribution in [0.25, 0.3) is 0 Å². The molecule has 2 aromatic rings.